The summed E-state index contributed by atoms with van der Waals surface area (Å²) in [6.07, 6.45) is 4.59. The molecule has 0 aromatic heterocycles. The van der Waals surface area contributed by atoms with Gasteiger partial charge in [-0.3, -0.25) is 4.79 Å². The molecule has 4 nitrogen and oxygen atoms in total. The maximum Gasteiger partial charge on any atom is 0.252 e. The van der Waals surface area contributed by atoms with Crippen molar-refractivity contribution in [2.75, 3.05) is 13.7 Å². The number of carbonyl (C=O) groups is 1. The third kappa shape index (κ3) is 4.71. The van der Waals surface area contributed by atoms with Gasteiger partial charge in [0.1, 0.15) is 5.75 Å². The van der Waals surface area contributed by atoms with Crippen molar-refractivity contribution in [1.82, 2.24) is 5.32 Å². The van der Waals surface area contributed by atoms with Crippen molar-refractivity contribution in [2.45, 2.75) is 44.8 Å². The number of ether oxygens (including phenoxy) is 2. The quantitative estimate of drug-likeness (QED) is 0.848. The van der Waals surface area contributed by atoms with E-state index in [1.807, 2.05) is 19.1 Å². The number of rotatable bonds is 6. The van der Waals surface area contributed by atoms with Gasteiger partial charge in [-0.05, 0) is 66.7 Å². The second-order valence-corrected chi connectivity index (χ2v) is 6.29. The van der Waals surface area contributed by atoms with Crippen LogP contribution < -0.4 is 10.1 Å². The molecule has 1 N–H and O–H groups in total. The van der Waals surface area contributed by atoms with Gasteiger partial charge in [-0.15, -0.1) is 0 Å². The molecular weight excluding hydrogens is 334 g/mol. The number of hydrogen-bond acceptors (Lipinski definition) is 3. The highest BCUT2D eigenvalue weighted by Crippen LogP contribution is 2.23. The average Bonchev–Trinajstić information content (AvgIpc) is 2.99. The lowest BCUT2D eigenvalue weighted by Gasteiger charge is -2.17. The van der Waals surface area contributed by atoms with Gasteiger partial charge in [0.25, 0.3) is 5.91 Å². The Morgan fingerprint density at radius 3 is 3.05 bits per heavy atom. The Labute approximate surface area is 134 Å². The SMILES string of the molecule is COc1ccc(Br)c(C(=O)NC(C)CCC2CCCO2)c1. The second-order valence-electron chi connectivity index (χ2n) is 5.43. The molecule has 1 aromatic rings. The van der Waals surface area contributed by atoms with E-state index in [1.165, 1.54) is 0 Å². The monoisotopic (exact) mass is 355 g/mol. The number of halogens is 1. The van der Waals surface area contributed by atoms with Crippen LogP contribution in [0.1, 0.15) is 43.0 Å². The summed E-state index contributed by atoms with van der Waals surface area (Å²) in [6, 6.07) is 5.51. The summed E-state index contributed by atoms with van der Waals surface area (Å²) in [5.74, 6) is 0.593. The third-order valence-electron chi connectivity index (χ3n) is 3.74. The molecule has 116 valence electrons. The molecular formula is C16H22BrNO3. The predicted molar refractivity (Wildman–Crippen MR) is 85.8 cm³/mol. The second kappa shape index (κ2) is 7.80. The highest BCUT2D eigenvalue weighted by molar-refractivity contribution is 9.10. The van der Waals surface area contributed by atoms with Gasteiger partial charge in [-0.2, -0.15) is 0 Å². The van der Waals surface area contributed by atoms with E-state index in [4.69, 9.17) is 9.47 Å². The molecule has 1 fully saturated rings. The lowest BCUT2D eigenvalue weighted by molar-refractivity contribution is 0.0898. The van der Waals surface area contributed by atoms with Gasteiger partial charge in [0.15, 0.2) is 0 Å². The Bertz CT molecular complexity index is 486. The van der Waals surface area contributed by atoms with Crippen molar-refractivity contribution in [3.8, 4) is 5.75 Å². The summed E-state index contributed by atoms with van der Waals surface area (Å²) in [5.41, 5.74) is 0.596. The lowest BCUT2D eigenvalue weighted by Crippen LogP contribution is -2.33. The maximum absolute atomic E-state index is 12.3. The fourth-order valence-electron chi connectivity index (χ4n) is 2.49. The molecule has 2 rings (SSSR count). The zero-order chi connectivity index (χ0) is 15.2. The Morgan fingerprint density at radius 2 is 2.38 bits per heavy atom. The largest absolute Gasteiger partial charge is 0.497 e. The van der Waals surface area contributed by atoms with Crippen LogP contribution in [0.5, 0.6) is 5.75 Å². The molecule has 21 heavy (non-hydrogen) atoms. The Kier molecular flexibility index (Phi) is 6.06. The summed E-state index contributed by atoms with van der Waals surface area (Å²) < 4.78 is 11.5. The van der Waals surface area contributed by atoms with Gasteiger partial charge >= 0.3 is 0 Å². The van der Waals surface area contributed by atoms with Crippen LogP contribution in [0.4, 0.5) is 0 Å². The van der Waals surface area contributed by atoms with Gasteiger partial charge < -0.3 is 14.8 Å². The van der Waals surface area contributed by atoms with Crippen molar-refractivity contribution in [2.24, 2.45) is 0 Å². The minimum Gasteiger partial charge on any atom is -0.497 e. The van der Waals surface area contributed by atoms with E-state index < -0.39 is 0 Å². The molecule has 0 spiro atoms. The number of methoxy groups -OCH3 is 1. The lowest BCUT2D eigenvalue weighted by atomic mass is 10.1. The van der Waals surface area contributed by atoms with Crippen molar-refractivity contribution >= 4 is 21.8 Å². The number of hydrogen-bond donors (Lipinski definition) is 1. The van der Waals surface area contributed by atoms with E-state index in [2.05, 4.69) is 21.2 Å². The predicted octanol–water partition coefficient (Wildman–Crippen LogP) is 3.54. The van der Waals surface area contributed by atoms with Crippen molar-refractivity contribution in [3.05, 3.63) is 28.2 Å². The van der Waals surface area contributed by atoms with Crippen LogP contribution in [0.15, 0.2) is 22.7 Å². The van der Waals surface area contributed by atoms with Crippen LogP contribution >= 0.6 is 15.9 Å². The van der Waals surface area contributed by atoms with Crippen LogP contribution in [-0.4, -0.2) is 31.8 Å². The van der Waals surface area contributed by atoms with E-state index in [1.54, 1.807) is 13.2 Å². The Morgan fingerprint density at radius 1 is 1.57 bits per heavy atom. The van der Waals surface area contributed by atoms with Gasteiger partial charge in [0.2, 0.25) is 0 Å². The molecule has 0 radical (unpaired) electrons. The smallest absolute Gasteiger partial charge is 0.252 e. The first kappa shape index (κ1) is 16.3. The number of nitrogens with one attached hydrogen (secondary N) is 1. The van der Waals surface area contributed by atoms with Crippen molar-refractivity contribution < 1.29 is 14.3 Å². The molecule has 0 saturated carbocycles. The zero-order valence-electron chi connectivity index (χ0n) is 12.5. The molecule has 1 aromatic carbocycles. The Hall–Kier alpha value is -1.07. The molecule has 1 amide bonds. The van der Waals surface area contributed by atoms with Crippen LogP contribution in [0.25, 0.3) is 0 Å². The topological polar surface area (TPSA) is 47.6 Å². The summed E-state index contributed by atoms with van der Waals surface area (Å²) in [6.45, 7) is 2.91. The zero-order valence-corrected chi connectivity index (χ0v) is 14.1. The first-order valence-electron chi connectivity index (χ1n) is 7.36. The maximum atomic E-state index is 12.3. The molecule has 2 unspecified atom stereocenters. The van der Waals surface area contributed by atoms with Gasteiger partial charge in [0.05, 0.1) is 18.8 Å². The molecule has 1 aliphatic rings. The minimum atomic E-state index is -0.0828. The van der Waals surface area contributed by atoms with Gasteiger partial charge in [-0.25, -0.2) is 0 Å². The number of benzene rings is 1. The van der Waals surface area contributed by atoms with E-state index >= 15 is 0 Å². The number of carbonyl (C=O) groups excluding carboxylic acids is 1. The highest BCUT2D eigenvalue weighted by atomic mass is 79.9. The Balaban J connectivity index is 1.87. The van der Waals surface area contributed by atoms with Crippen LogP contribution in [0, 0.1) is 0 Å². The molecule has 5 heteroatoms. The average molecular weight is 356 g/mol. The van der Waals surface area contributed by atoms with E-state index in [9.17, 15) is 4.79 Å². The third-order valence-corrected chi connectivity index (χ3v) is 4.43. The van der Waals surface area contributed by atoms with Gasteiger partial charge in [-0.1, -0.05) is 0 Å². The van der Waals surface area contributed by atoms with Crippen molar-refractivity contribution in [3.63, 3.8) is 0 Å². The molecule has 1 aliphatic heterocycles. The summed E-state index contributed by atoms with van der Waals surface area (Å²) in [7, 11) is 1.59. The fourth-order valence-corrected chi connectivity index (χ4v) is 2.91. The molecule has 2 atom stereocenters. The summed E-state index contributed by atoms with van der Waals surface area (Å²) >= 11 is 3.41. The molecule has 1 heterocycles. The first-order chi connectivity index (χ1) is 10.1. The normalized spacial score (nSPS) is 19.3. The van der Waals surface area contributed by atoms with Crippen LogP contribution in [0.3, 0.4) is 0 Å². The highest BCUT2D eigenvalue weighted by Gasteiger charge is 2.18. The number of amides is 1. The molecule has 1 saturated heterocycles. The molecule has 0 bridgehead atoms. The first-order valence-corrected chi connectivity index (χ1v) is 8.15. The fraction of sp³-hybridized carbons (Fsp3) is 0.562. The minimum absolute atomic E-state index is 0.0828. The van der Waals surface area contributed by atoms with E-state index in [0.29, 0.717) is 17.4 Å². The summed E-state index contributed by atoms with van der Waals surface area (Å²) in [4.78, 5) is 12.3. The van der Waals surface area contributed by atoms with Crippen LogP contribution in [0.2, 0.25) is 0 Å². The van der Waals surface area contributed by atoms with Gasteiger partial charge in [0, 0.05) is 17.1 Å². The summed E-state index contributed by atoms with van der Waals surface area (Å²) in [5, 5.41) is 3.03. The van der Waals surface area contributed by atoms with Crippen LogP contribution in [-0.2, 0) is 4.74 Å². The van der Waals surface area contributed by atoms with E-state index in [0.717, 1.165) is 36.8 Å². The molecule has 0 aliphatic carbocycles. The standard InChI is InChI=1S/C16H22BrNO3/c1-11(5-6-12-4-3-9-21-12)18-16(19)14-10-13(20-2)7-8-15(14)17/h7-8,10-12H,3-6,9H2,1-2H3,(H,18,19). The van der Waals surface area contributed by atoms with E-state index in [-0.39, 0.29) is 11.9 Å². The van der Waals surface area contributed by atoms with Crippen molar-refractivity contribution in [1.29, 1.82) is 0 Å².